The number of ether oxygens (including phenoxy) is 2. The van der Waals surface area contributed by atoms with Crippen LogP contribution in [0.5, 0.6) is 11.5 Å². The first kappa shape index (κ1) is 24.3. The van der Waals surface area contributed by atoms with Gasteiger partial charge < -0.3 is 19.7 Å². The lowest BCUT2D eigenvalue weighted by atomic mass is 10.0. The Morgan fingerprint density at radius 1 is 0.939 bits per heavy atom. The molecule has 3 aromatic carbocycles. The van der Waals surface area contributed by atoms with Gasteiger partial charge in [-0.05, 0) is 60.7 Å². The zero-order chi connectivity index (χ0) is 23.8. The first-order chi connectivity index (χ1) is 15.8. The summed E-state index contributed by atoms with van der Waals surface area (Å²) in [4.78, 5) is 23.9. The van der Waals surface area contributed by atoms with Crippen LogP contribution in [0.4, 0.5) is 10.5 Å². The number of para-hydroxylation sites is 1. The Balaban J connectivity index is 1.96. The summed E-state index contributed by atoms with van der Waals surface area (Å²) in [5, 5.41) is 22.3. The fraction of sp³-hybridized carbons (Fsp3) is 0.0833. The van der Waals surface area contributed by atoms with Gasteiger partial charge in [-0.2, -0.15) is 0 Å². The lowest BCUT2D eigenvalue weighted by Gasteiger charge is -2.27. The molecule has 0 bridgehead atoms. The monoisotopic (exact) mass is 575 g/mol. The fourth-order valence-corrected chi connectivity index (χ4v) is 3.54. The Bertz CT molecular complexity index is 1140. The molecule has 0 radical (unpaired) electrons. The smallest absolute Gasteiger partial charge is 0.412 e. The molecule has 2 atom stereocenters. The number of carbonyl (C=O) groups excluding carboxylic acids is 1. The summed E-state index contributed by atoms with van der Waals surface area (Å²) < 4.78 is 13.1. The summed E-state index contributed by atoms with van der Waals surface area (Å²) >= 11 is 6.67. The highest BCUT2D eigenvalue weighted by molar-refractivity contribution is 9.10. The van der Waals surface area contributed by atoms with Crippen molar-refractivity contribution in [2.45, 2.75) is 12.2 Å². The number of benzene rings is 3. The summed E-state index contributed by atoms with van der Waals surface area (Å²) in [6, 6.07) is 20.2. The van der Waals surface area contributed by atoms with Gasteiger partial charge in [0.05, 0.1) is 0 Å². The van der Waals surface area contributed by atoms with Crippen LogP contribution in [0.1, 0.15) is 11.7 Å². The maximum Gasteiger partial charge on any atom is 0.412 e. The molecular weight excluding hydrogens is 558 g/mol. The summed E-state index contributed by atoms with van der Waals surface area (Å²) in [6.07, 6.45) is -0.918. The van der Waals surface area contributed by atoms with Crippen LogP contribution in [0.3, 0.4) is 0 Å². The molecule has 33 heavy (non-hydrogen) atoms. The molecule has 0 spiro atoms. The molecule has 0 fully saturated rings. The number of anilines is 1. The van der Waals surface area contributed by atoms with Crippen LogP contribution < -0.4 is 10.1 Å². The minimum Gasteiger partial charge on any atom is -0.508 e. The van der Waals surface area contributed by atoms with E-state index in [-0.39, 0.29) is 11.3 Å². The van der Waals surface area contributed by atoms with Crippen molar-refractivity contribution < 1.29 is 29.3 Å². The number of phenols is 1. The normalized spacial score (nSPS) is 12.7. The minimum absolute atomic E-state index is 0.148. The van der Waals surface area contributed by atoms with Crippen LogP contribution in [0.15, 0.2) is 93.9 Å². The van der Waals surface area contributed by atoms with E-state index in [0.717, 1.165) is 10.5 Å². The molecule has 0 aliphatic carbocycles. The molecule has 3 rings (SSSR count). The van der Waals surface area contributed by atoms with Gasteiger partial charge in [-0.25, -0.2) is 9.59 Å². The van der Waals surface area contributed by atoms with E-state index in [1.165, 1.54) is 12.1 Å². The standard InChI is InChI=1S/C24H19Br2NO6/c25-15-6-9-17(10-7-15)27-24(31)33-23(19-14-16(26)8-11-20(19)28)21(12-13-22(29)30)32-18-4-2-1-3-5-18/h1-14,21,23,28H,(H,27,31)(H,29,30)/b13-12+/t21-,23-/m1/s1. The van der Waals surface area contributed by atoms with Crippen molar-refractivity contribution in [2.24, 2.45) is 0 Å². The summed E-state index contributed by atoms with van der Waals surface area (Å²) in [5.74, 6) is -0.924. The van der Waals surface area contributed by atoms with Crippen molar-refractivity contribution in [1.82, 2.24) is 0 Å². The van der Waals surface area contributed by atoms with E-state index in [1.54, 1.807) is 66.7 Å². The van der Waals surface area contributed by atoms with E-state index >= 15 is 0 Å². The third kappa shape index (κ3) is 7.37. The van der Waals surface area contributed by atoms with E-state index < -0.39 is 24.3 Å². The Kier molecular flexibility index (Phi) is 8.51. The predicted octanol–water partition coefficient (Wildman–Crippen LogP) is 6.30. The average molecular weight is 577 g/mol. The molecule has 7 nitrogen and oxygen atoms in total. The Hall–Kier alpha value is -3.30. The van der Waals surface area contributed by atoms with Crippen molar-refractivity contribution in [1.29, 1.82) is 0 Å². The Labute approximate surface area is 206 Å². The number of hydrogen-bond acceptors (Lipinski definition) is 5. The van der Waals surface area contributed by atoms with Crippen LogP contribution in [0, 0.1) is 0 Å². The average Bonchev–Trinajstić information content (AvgIpc) is 2.79. The third-order valence-electron chi connectivity index (χ3n) is 4.36. The van der Waals surface area contributed by atoms with Crippen LogP contribution in [-0.2, 0) is 9.53 Å². The van der Waals surface area contributed by atoms with Crippen molar-refractivity contribution in [3.05, 3.63) is 99.5 Å². The lowest BCUT2D eigenvalue weighted by Crippen LogP contribution is -2.30. The number of carboxylic acids is 1. The minimum atomic E-state index is -1.20. The van der Waals surface area contributed by atoms with Crippen molar-refractivity contribution in [2.75, 3.05) is 5.32 Å². The highest BCUT2D eigenvalue weighted by Crippen LogP contribution is 2.34. The highest BCUT2D eigenvalue weighted by atomic mass is 79.9. The van der Waals surface area contributed by atoms with Gasteiger partial charge in [-0.15, -0.1) is 0 Å². The second kappa shape index (κ2) is 11.5. The number of aliphatic carboxylic acids is 1. The first-order valence-electron chi connectivity index (χ1n) is 9.66. The molecule has 0 unspecified atom stereocenters. The summed E-state index contributed by atoms with van der Waals surface area (Å²) in [7, 11) is 0. The highest BCUT2D eigenvalue weighted by Gasteiger charge is 2.30. The number of halogens is 2. The maximum atomic E-state index is 12.7. The maximum absolute atomic E-state index is 12.7. The molecule has 3 N–H and O–H groups in total. The van der Waals surface area contributed by atoms with Crippen molar-refractivity contribution >= 4 is 49.6 Å². The number of rotatable bonds is 8. The molecule has 1 amide bonds. The van der Waals surface area contributed by atoms with Crippen LogP contribution in [0.25, 0.3) is 0 Å². The zero-order valence-electron chi connectivity index (χ0n) is 17.0. The van der Waals surface area contributed by atoms with Crippen LogP contribution in [-0.4, -0.2) is 28.4 Å². The third-order valence-corrected chi connectivity index (χ3v) is 5.38. The van der Waals surface area contributed by atoms with E-state index in [4.69, 9.17) is 14.6 Å². The van der Waals surface area contributed by atoms with E-state index in [2.05, 4.69) is 37.2 Å². The van der Waals surface area contributed by atoms with Crippen molar-refractivity contribution in [3.63, 3.8) is 0 Å². The van der Waals surface area contributed by atoms with Gasteiger partial charge in [-0.1, -0.05) is 50.1 Å². The number of phenolic OH excluding ortho intramolecular Hbond substituents is 1. The molecule has 0 aromatic heterocycles. The number of nitrogens with one attached hydrogen (secondary N) is 1. The number of amides is 1. The van der Waals surface area contributed by atoms with Gasteiger partial charge in [0.15, 0.2) is 12.2 Å². The second-order valence-corrected chi connectivity index (χ2v) is 8.59. The number of hydrogen-bond donors (Lipinski definition) is 3. The summed E-state index contributed by atoms with van der Waals surface area (Å²) in [5.41, 5.74) is 0.716. The second-order valence-electron chi connectivity index (χ2n) is 6.75. The molecule has 9 heteroatoms. The van der Waals surface area contributed by atoms with Gasteiger partial charge >= 0.3 is 12.1 Å². The molecule has 170 valence electrons. The molecule has 0 saturated heterocycles. The van der Waals surface area contributed by atoms with Gasteiger partial charge in [0.25, 0.3) is 0 Å². The zero-order valence-corrected chi connectivity index (χ0v) is 20.2. The Morgan fingerprint density at radius 3 is 2.27 bits per heavy atom. The number of carboxylic acid groups (broad SMARTS) is 1. The lowest BCUT2D eigenvalue weighted by molar-refractivity contribution is -0.131. The van der Waals surface area contributed by atoms with Gasteiger partial charge in [0, 0.05) is 26.3 Å². The van der Waals surface area contributed by atoms with Crippen LogP contribution in [0.2, 0.25) is 0 Å². The first-order valence-corrected chi connectivity index (χ1v) is 11.2. The van der Waals surface area contributed by atoms with E-state index in [0.29, 0.717) is 15.9 Å². The SMILES string of the molecule is O=C(O)/C=C/[C@@H](Oc1ccccc1)[C@H](OC(=O)Nc1ccc(Br)cc1)c1cc(Br)ccc1O. The number of carbonyl (C=O) groups is 2. The quantitative estimate of drug-likeness (QED) is 0.272. The molecule has 0 saturated carbocycles. The predicted molar refractivity (Wildman–Crippen MR) is 130 cm³/mol. The molecule has 0 heterocycles. The molecule has 0 aliphatic heterocycles. The molecule has 0 aliphatic rings. The Morgan fingerprint density at radius 2 is 1.61 bits per heavy atom. The van der Waals surface area contributed by atoms with Gasteiger partial charge in [-0.3, -0.25) is 5.32 Å². The van der Waals surface area contributed by atoms with Gasteiger partial charge in [0.1, 0.15) is 11.5 Å². The van der Waals surface area contributed by atoms with Crippen molar-refractivity contribution in [3.8, 4) is 11.5 Å². The molecular formula is C24H19Br2NO6. The van der Waals surface area contributed by atoms with E-state index in [1.807, 2.05) is 0 Å². The van der Waals surface area contributed by atoms with Gasteiger partial charge in [0.2, 0.25) is 0 Å². The van der Waals surface area contributed by atoms with Crippen LogP contribution >= 0.6 is 31.9 Å². The number of aromatic hydroxyl groups is 1. The van der Waals surface area contributed by atoms with E-state index in [9.17, 15) is 14.7 Å². The summed E-state index contributed by atoms with van der Waals surface area (Å²) in [6.45, 7) is 0. The fourth-order valence-electron chi connectivity index (χ4n) is 2.89. The topological polar surface area (TPSA) is 105 Å². The largest absolute Gasteiger partial charge is 0.508 e. The molecule has 3 aromatic rings.